The van der Waals surface area contributed by atoms with E-state index in [2.05, 4.69) is 20.5 Å². The van der Waals surface area contributed by atoms with Gasteiger partial charge < -0.3 is 19.9 Å². The third kappa shape index (κ3) is 5.47. The van der Waals surface area contributed by atoms with E-state index in [4.69, 9.17) is 9.47 Å². The Morgan fingerprint density at radius 2 is 1.94 bits per heavy atom. The molecule has 1 aromatic carbocycles. The minimum atomic E-state index is -1.80. The third-order valence-electron chi connectivity index (χ3n) is 5.13. The summed E-state index contributed by atoms with van der Waals surface area (Å²) in [7, 11) is 0. The summed E-state index contributed by atoms with van der Waals surface area (Å²) < 4.78 is 42.1. The van der Waals surface area contributed by atoms with Crippen molar-refractivity contribution in [1.82, 2.24) is 24.5 Å². The van der Waals surface area contributed by atoms with Gasteiger partial charge in [-0.2, -0.15) is 10.2 Å². The summed E-state index contributed by atoms with van der Waals surface area (Å²) >= 11 is 0. The molecule has 2 atom stereocenters. The first-order valence-electron chi connectivity index (χ1n) is 10.4. The molecular formula is C21H28F2N6O3. The lowest BCUT2D eigenvalue weighted by Crippen LogP contribution is -2.40. The molecule has 9 nitrogen and oxygen atoms in total. The van der Waals surface area contributed by atoms with E-state index < -0.39 is 29.6 Å². The zero-order valence-corrected chi connectivity index (χ0v) is 18.3. The first-order valence-corrected chi connectivity index (χ1v) is 10.4. The lowest BCUT2D eigenvalue weighted by atomic mass is 9.86. The van der Waals surface area contributed by atoms with Crippen molar-refractivity contribution in [2.45, 2.75) is 45.2 Å². The number of rotatable bonds is 12. The van der Waals surface area contributed by atoms with Gasteiger partial charge in [-0.25, -0.2) is 18.4 Å². The second-order valence-electron chi connectivity index (χ2n) is 7.25. The molecule has 0 spiro atoms. The number of nitrogens with one attached hydrogen (secondary N) is 1. The Bertz CT molecular complexity index is 978. The Kier molecular flexibility index (Phi) is 7.89. The largest absolute Gasteiger partial charge is 0.381 e. The van der Waals surface area contributed by atoms with E-state index in [0.29, 0.717) is 25.4 Å². The van der Waals surface area contributed by atoms with Crippen LogP contribution in [-0.4, -0.2) is 55.7 Å². The van der Waals surface area contributed by atoms with Crippen LogP contribution >= 0.6 is 0 Å². The number of hydrogen-bond donors (Lipinski definition) is 2. The summed E-state index contributed by atoms with van der Waals surface area (Å²) in [6, 6.07) is 2.34. The van der Waals surface area contributed by atoms with E-state index in [0.717, 1.165) is 12.1 Å². The average Bonchev–Trinajstić information content (AvgIpc) is 3.43. The first kappa shape index (κ1) is 23.8. The monoisotopic (exact) mass is 450 g/mol. The number of halogens is 2. The molecule has 0 saturated heterocycles. The van der Waals surface area contributed by atoms with Crippen molar-refractivity contribution in [3.05, 3.63) is 60.4 Å². The maximum Gasteiger partial charge on any atom is 0.174 e. The van der Waals surface area contributed by atoms with Crippen molar-refractivity contribution in [3.63, 3.8) is 0 Å². The van der Waals surface area contributed by atoms with Gasteiger partial charge in [0.05, 0.1) is 31.0 Å². The van der Waals surface area contributed by atoms with Crippen molar-refractivity contribution < 1.29 is 23.4 Å². The van der Waals surface area contributed by atoms with Crippen LogP contribution in [0.1, 0.15) is 32.4 Å². The highest BCUT2D eigenvalue weighted by molar-refractivity contribution is 5.38. The van der Waals surface area contributed by atoms with Crippen LogP contribution in [0.2, 0.25) is 0 Å². The highest BCUT2D eigenvalue weighted by atomic mass is 19.1. The van der Waals surface area contributed by atoms with E-state index >= 15 is 0 Å². The van der Waals surface area contributed by atoms with Crippen molar-refractivity contribution in [3.8, 4) is 0 Å². The van der Waals surface area contributed by atoms with Crippen LogP contribution in [0.25, 0.3) is 0 Å². The number of benzene rings is 1. The molecule has 174 valence electrons. The summed E-state index contributed by atoms with van der Waals surface area (Å²) in [4.78, 5) is 3.87. The van der Waals surface area contributed by atoms with Crippen LogP contribution in [-0.2, 0) is 21.6 Å². The Balaban J connectivity index is 1.84. The van der Waals surface area contributed by atoms with Gasteiger partial charge in [-0.1, -0.05) is 6.07 Å². The summed E-state index contributed by atoms with van der Waals surface area (Å²) in [5.74, 6) is -1.59. The Labute approximate surface area is 185 Å². The lowest BCUT2D eigenvalue weighted by molar-refractivity contribution is -0.126. The van der Waals surface area contributed by atoms with Crippen LogP contribution in [0.3, 0.4) is 0 Å². The van der Waals surface area contributed by atoms with Gasteiger partial charge >= 0.3 is 0 Å². The smallest absolute Gasteiger partial charge is 0.174 e. The third-order valence-corrected chi connectivity index (χ3v) is 5.13. The van der Waals surface area contributed by atoms with Crippen molar-refractivity contribution in [1.29, 1.82) is 0 Å². The summed E-state index contributed by atoms with van der Waals surface area (Å²) in [6.45, 7) is 6.78. The van der Waals surface area contributed by atoms with Gasteiger partial charge in [0, 0.05) is 31.0 Å². The number of anilines is 1. The predicted molar refractivity (Wildman–Crippen MR) is 113 cm³/mol. The van der Waals surface area contributed by atoms with E-state index in [1.807, 2.05) is 13.8 Å². The molecule has 0 fully saturated rings. The second kappa shape index (κ2) is 10.6. The summed E-state index contributed by atoms with van der Waals surface area (Å²) in [6.07, 6.45) is 5.59. The molecule has 32 heavy (non-hydrogen) atoms. The number of aromatic nitrogens is 5. The fourth-order valence-corrected chi connectivity index (χ4v) is 3.44. The topological polar surface area (TPSA) is 99.3 Å². The molecule has 2 N–H and O–H groups in total. The SMILES string of the molecule is CCOC(CNc1cnn([C@H](C)[C@](O)(Cn2cncn2)c2ccc(F)cc2F)c1)OCC. The molecule has 3 rings (SSSR count). The molecule has 0 unspecified atom stereocenters. The minimum Gasteiger partial charge on any atom is -0.381 e. The number of ether oxygens (including phenoxy) is 2. The van der Waals surface area contributed by atoms with E-state index in [9.17, 15) is 13.9 Å². The van der Waals surface area contributed by atoms with E-state index in [1.54, 1.807) is 19.3 Å². The van der Waals surface area contributed by atoms with Crippen molar-refractivity contribution in [2.24, 2.45) is 0 Å². The van der Waals surface area contributed by atoms with Gasteiger partial charge in [-0.05, 0) is 26.8 Å². The molecule has 2 heterocycles. The van der Waals surface area contributed by atoms with Gasteiger partial charge in [-0.15, -0.1) is 0 Å². The molecule has 3 aromatic rings. The van der Waals surface area contributed by atoms with Crippen molar-refractivity contribution in [2.75, 3.05) is 25.1 Å². The molecule has 0 aliphatic carbocycles. The summed E-state index contributed by atoms with van der Waals surface area (Å²) in [5.41, 5.74) is -1.20. The zero-order valence-electron chi connectivity index (χ0n) is 18.3. The Morgan fingerprint density at radius 3 is 2.56 bits per heavy atom. The molecule has 0 bridgehead atoms. The molecule has 2 aromatic heterocycles. The summed E-state index contributed by atoms with van der Waals surface area (Å²) in [5, 5.41) is 23.2. The second-order valence-corrected chi connectivity index (χ2v) is 7.25. The van der Waals surface area contributed by atoms with Gasteiger partial charge in [0.15, 0.2) is 6.29 Å². The fraction of sp³-hybridized carbons (Fsp3) is 0.476. The van der Waals surface area contributed by atoms with Gasteiger partial charge in [0.2, 0.25) is 0 Å². The number of hydrogen-bond acceptors (Lipinski definition) is 7. The molecule has 11 heteroatoms. The molecule has 0 radical (unpaired) electrons. The highest BCUT2D eigenvalue weighted by Gasteiger charge is 2.40. The van der Waals surface area contributed by atoms with Crippen LogP contribution < -0.4 is 5.32 Å². The fourth-order valence-electron chi connectivity index (χ4n) is 3.44. The molecule has 0 aliphatic heterocycles. The maximum atomic E-state index is 14.7. The van der Waals surface area contributed by atoms with Gasteiger partial charge in [0.1, 0.15) is 29.9 Å². The number of aliphatic hydroxyl groups is 1. The maximum absolute atomic E-state index is 14.7. The Hall–Kier alpha value is -2.89. The Morgan fingerprint density at radius 1 is 1.19 bits per heavy atom. The van der Waals surface area contributed by atoms with Crippen LogP contribution in [0, 0.1) is 11.6 Å². The lowest BCUT2D eigenvalue weighted by Gasteiger charge is -2.34. The minimum absolute atomic E-state index is 0.0698. The van der Waals surface area contributed by atoms with E-state index in [1.165, 1.54) is 28.1 Å². The van der Waals surface area contributed by atoms with Crippen LogP contribution in [0.5, 0.6) is 0 Å². The van der Waals surface area contributed by atoms with Crippen LogP contribution in [0.4, 0.5) is 14.5 Å². The zero-order chi connectivity index (χ0) is 23.1. The normalized spacial score (nSPS) is 14.5. The van der Waals surface area contributed by atoms with Gasteiger partial charge in [0.25, 0.3) is 0 Å². The first-order chi connectivity index (χ1) is 15.4. The van der Waals surface area contributed by atoms with Crippen molar-refractivity contribution >= 4 is 5.69 Å². The van der Waals surface area contributed by atoms with Gasteiger partial charge in [-0.3, -0.25) is 4.68 Å². The molecule has 0 amide bonds. The molecule has 0 saturated carbocycles. The van der Waals surface area contributed by atoms with Crippen LogP contribution in [0.15, 0.2) is 43.2 Å². The molecule has 0 aliphatic rings. The molecular weight excluding hydrogens is 422 g/mol. The van der Waals surface area contributed by atoms with E-state index in [-0.39, 0.29) is 12.1 Å². The number of nitrogens with zero attached hydrogens (tertiary/aromatic N) is 5. The highest BCUT2D eigenvalue weighted by Crippen LogP contribution is 2.36. The predicted octanol–water partition coefficient (Wildman–Crippen LogP) is 2.71. The standard InChI is InChI=1S/C21H28F2N6O3/c1-4-31-20(32-5-2)10-25-17-9-26-29(11-17)15(3)21(30,12-28-14-24-13-27-28)18-7-6-16(22)8-19(18)23/h6-9,11,13-15,20,25,30H,4-5,10,12H2,1-3H3/t15-,21-/m1/s1. The average molecular weight is 450 g/mol. The quantitative estimate of drug-likeness (QED) is 0.409.